The molecule has 6 nitrogen and oxygen atoms in total. The van der Waals surface area contributed by atoms with Crippen LogP contribution in [-0.2, 0) is 13.9 Å². The Morgan fingerprint density at radius 2 is 1.43 bits per heavy atom. The highest BCUT2D eigenvalue weighted by Gasteiger charge is 2.24. The van der Waals surface area contributed by atoms with E-state index in [9.17, 15) is 18.9 Å². The van der Waals surface area contributed by atoms with Crippen molar-refractivity contribution in [1.82, 2.24) is 0 Å². The molecule has 2 atom stereocenters. The van der Waals surface area contributed by atoms with Crippen LogP contribution in [0.1, 0.15) is 0 Å². The van der Waals surface area contributed by atoms with E-state index in [0.29, 0.717) is 0 Å². The van der Waals surface area contributed by atoms with Gasteiger partial charge in [0.25, 0.3) is 7.37 Å². The minimum absolute atomic E-state index is 0.155. The average Bonchev–Trinajstić information content (AvgIpc) is 2.53. The highest BCUT2D eigenvalue weighted by Crippen LogP contribution is 2.43. The van der Waals surface area contributed by atoms with Crippen LogP contribution in [-0.4, -0.2) is 28.9 Å². The zero-order chi connectivity index (χ0) is 16.8. The van der Waals surface area contributed by atoms with Crippen LogP contribution in [0.4, 0.5) is 0 Å². The summed E-state index contributed by atoms with van der Waals surface area (Å²) in [7, 11) is -7.49. The van der Waals surface area contributed by atoms with E-state index in [4.69, 9.17) is 9.26 Å². The van der Waals surface area contributed by atoms with Gasteiger partial charge in [0.15, 0.2) is 0 Å². The Kier molecular flexibility index (Phi) is 6.17. The lowest BCUT2D eigenvalue weighted by Gasteiger charge is -2.15. The van der Waals surface area contributed by atoms with Crippen molar-refractivity contribution in [2.24, 2.45) is 0 Å². The summed E-state index contributed by atoms with van der Waals surface area (Å²) in [6.07, 6.45) is -0.682. The molecule has 0 bridgehead atoms. The predicted octanol–water partition coefficient (Wildman–Crippen LogP) is 2.82. The molecule has 0 aliphatic rings. The summed E-state index contributed by atoms with van der Waals surface area (Å²) in [4.78, 5) is 19.7. The lowest BCUT2D eigenvalue weighted by Crippen LogP contribution is -2.11. The summed E-state index contributed by atoms with van der Waals surface area (Å²) in [6.45, 7) is -0.155. The number of rotatable bonds is 8. The lowest BCUT2D eigenvalue weighted by atomic mass is 10.3. The van der Waals surface area contributed by atoms with Crippen LogP contribution in [0.25, 0.3) is 0 Å². The Balaban J connectivity index is 1.80. The van der Waals surface area contributed by atoms with E-state index in [2.05, 4.69) is 0 Å². The molecule has 2 N–H and O–H groups in total. The number of benzene rings is 2. The first-order chi connectivity index (χ1) is 10.9. The first-order valence-corrected chi connectivity index (χ1v) is 10.5. The highest BCUT2D eigenvalue weighted by molar-refractivity contribution is 7.65. The van der Waals surface area contributed by atoms with Crippen molar-refractivity contribution < 1.29 is 28.2 Å². The Labute approximate surface area is 134 Å². The average molecular weight is 356 g/mol. The van der Waals surface area contributed by atoms with Gasteiger partial charge in [-0.05, 0) is 24.3 Å². The third kappa shape index (κ3) is 5.94. The van der Waals surface area contributed by atoms with Crippen molar-refractivity contribution in [3.63, 3.8) is 0 Å². The van der Waals surface area contributed by atoms with Crippen LogP contribution in [0.3, 0.4) is 0 Å². The topological polar surface area (TPSA) is 93.1 Å². The number of hydrogen-bond donors (Lipinski definition) is 2. The maximum Gasteiger partial charge on any atom is 0.378 e. The van der Waals surface area contributed by atoms with Crippen molar-refractivity contribution >= 4 is 20.3 Å². The summed E-state index contributed by atoms with van der Waals surface area (Å²) in [5.41, 5.74) is 0. The van der Waals surface area contributed by atoms with Crippen LogP contribution >= 0.6 is 15.0 Å². The van der Waals surface area contributed by atoms with E-state index >= 15 is 0 Å². The molecule has 0 aliphatic carbocycles. The number of hydrogen-bond acceptors (Lipinski definition) is 4. The molecular formula is C15H18O6P2. The summed E-state index contributed by atoms with van der Waals surface area (Å²) in [5.74, 6) is 0.287. The SMILES string of the molecule is O=P(O)(CCOCP(=O)(O)c1ccccc1)Oc1ccccc1. The predicted molar refractivity (Wildman–Crippen MR) is 88.5 cm³/mol. The van der Waals surface area contributed by atoms with Crippen molar-refractivity contribution in [2.45, 2.75) is 0 Å². The fourth-order valence-corrected chi connectivity index (χ4v) is 3.86. The molecule has 0 fully saturated rings. The van der Waals surface area contributed by atoms with E-state index in [1.54, 1.807) is 60.7 Å². The molecule has 0 radical (unpaired) electrons. The minimum atomic E-state index is -3.86. The largest absolute Gasteiger partial charge is 0.424 e. The van der Waals surface area contributed by atoms with Gasteiger partial charge >= 0.3 is 7.60 Å². The Hall–Kier alpha value is -1.42. The van der Waals surface area contributed by atoms with Crippen LogP contribution in [0.2, 0.25) is 0 Å². The molecule has 2 rings (SSSR count). The monoisotopic (exact) mass is 356 g/mol. The molecule has 124 valence electrons. The van der Waals surface area contributed by atoms with Gasteiger partial charge in [0.1, 0.15) is 12.1 Å². The van der Waals surface area contributed by atoms with Crippen molar-refractivity contribution in [1.29, 1.82) is 0 Å². The second-order valence-electron chi connectivity index (χ2n) is 4.84. The fourth-order valence-electron chi connectivity index (χ4n) is 1.80. The van der Waals surface area contributed by atoms with Crippen LogP contribution in [0, 0.1) is 0 Å². The van der Waals surface area contributed by atoms with E-state index in [1.807, 2.05) is 0 Å². The van der Waals surface area contributed by atoms with Gasteiger partial charge in [-0.1, -0.05) is 36.4 Å². The van der Waals surface area contributed by atoms with Gasteiger partial charge in [-0.3, -0.25) is 4.57 Å². The molecule has 0 aliphatic heterocycles. The molecule has 2 aromatic carbocycles. The van der Waals surface area contributed by atoms with E-state index in [1.165, 1.54) is 0 Å². The Bertz CT molecular complexity index is 704. The summed E-state index contributed by atoms with van der Waals surface area (Å²) >= 11 is 0. The summed E-state index contributed by atoms with van der Waals surface area (Å²) in [6, 6.07) is 16.4. The fraction of sp³-hybridized carbons (Fsp3) is 0.200. The molecule has 23 heavy (non-hydrogen) atoms. The lowest BCUT2D eigenvalue weighted by molar-refractivity contribution is 0.182. The number of ether oxygens (including phenoxy) is 1. The van der Waals surface area contributed by atoms with Crippen LogP contribution in [0.15, 0.2) is 60.7 Å². The van der Waals surface area contributed by atoms with Gasteiger partial charge in [0, 0.05) is 5.30 Å². The highest BCUT2D eigenvalue weighted by atomic mass is 31.2. The zero-order valence-electron chi connectivity index (χ0n) is 12.3. The van der Waals surface area contributed by atoms with Gasteiger partial charge < -0.3 is 19.0 Å². The molecule has 2 unspecified atom stereocenters. The first kappa shape index (κ1) is 17.9. The van der Waals surface area contributed by atoms with Gasteiger partial charge in [-0.15, -0.1) is 0 Å². The van der Waals surface area contributed by atoms with Gasteiger partial charge in [0.2, 0.25) is 0 Å². The van der Waals surface area contributed by atoms with Gasteiger partial charge in [0.05, 0.1) is 12.8 Å². The molecule has 8 heteroatoms. The standard InChI is InChI=1S/C15H18O6P2/c16-22(17,15-9-5-2-6-10-15)13-20-11-12-23(18,19)21-14-7-3-1-4-8-14/h1-10H,11-13H2,(H,16,17)(H,18,19). The maximum atomic E-state index is 12.1. The van der Waals surface area contributed by atoms with E-state index in [-0.39, 0.29) is 23.8 Å². The molecule has 2 aromatic rings. The second-order valence-corrected chi connectivity index (χ2v) is 8.92. The van der Waals surface area contributed by atoms with E-state index < -0.39 is 21.3 Å². The molecule has 0 saturated heterocycles. The van der Waals surface area contributed by atoms with Crippen molar-refractivity contribution in [3.8, 4) is 5.75 Å². The molecular weight excluding hydrogens is 338 g/mol. The van der Waals surface area contributed by atoms with Gasteiger partial charge in [-0.2, -0.15) is 0 Å². The van der Waals surface area contributed by atoms with Crippen molar-refractivity contribution in [3.05, 3.63) is 60.7 Å². The smallest absolute Gasteiger partial charge is 0.378 e. The number of para-hydroxylation sites is 1. The second kappa shape index (κ2) is 7.91. The minimum Gasteiger partial charge on any atom is -0.424 e. The quantitative estimate of drug-likeness (QED) is 0.558. The Morgan fingerprint density at radius 1 is 0.870 bits per heavy atom. The molecule has 0 spiro atoms. The van der Waals surface area contributed by atoms with Crippen LogP contribution in [0.5, 0.6) is 5.75 Å². The molecule has 0 saturated carbocycles. The molecule has 0 aromatic heterocycles. The normalized spacial score (nSPS) is 16.3. The molecule has 0 heterocycles. The maximum absolute atomic E-state index is 12.1. The Morgan fingerprint density at radius 3 is 2.04 bits per heavy atom. The van der Waals surface area contributed by atoms with Crippen molar-refractivity contribution in [2.75, 3.05) is 19.1 Å². The van der Waals surface area contributed by atoms with Gasteiger partial charge in [-0.25, -0.2) is 4.57 Å². The third-order valence-electron chi connectivity index (χ3n) is 2.94. The third-order valence-corrected chi connectivity index (χ3v) is 5.82. The van der Waals surface area contributed by atoms with Crippen LogP contribution < -0.4 is 9.83 Å². The van der Waals surface area contributed by atoms with E-state index in [0.717, 1.165) is 0 Å². The summed E-state index contributed by atoms with van der Waals surface area (Å²) in [5, 5.41) is 0.285. The zero-order valence-corrected chi connectivity index (χ0v) is 14.1. The first-order valence-electron chi connectivity index (χ1n) is 6.91. The summed E-state index contributed by atoms with van der Waals surface area (Å²) < 4.78 is 34.1. The molecule has 0 amide bonds.